The van der Waals surface area contributed by atoms with Crippen molar-refractivity contribution in [2.45, 2.75) is 27.3 Å². The topological polar surface area (TPSA) is 41.6 Å². The first-order chi connectivity index (χ1) is 11.7. The number of carbonyl (C=O) groups is 1. The van der Waals surface area contributed by atoms with Crippen LogP contribution in [0.15, 0.2) is 48.5 Å². The smallest absolute Gasteiger partial charge is 0.338 e. The van der Waals surface area contributed by atoms with Crippen molar-refractivity contribution >= 4 is 17.3 Å². The summed E-state index contributed by atoms with van der Waals surface area (Å²) >= 11 is 0. The second kappa shape index (κ2) is 8.96. The van der Waals surface area contributed by atoms with Gasteiger partial charge in [-0.05, 0) is 62.7 Å². The van der Waals surface area contributed by atoms with E-state index in [0.29, 0.717) is 12.2 Å². The van der Waals surface area contributed by atoms with Crippen molar-refractivity contribution in [2.24, 2.45) is 0 Å². The lowest BCUT2D eigenvalue weighted by atomic mass is 10.1. The number of nitrogens with zero attached hydrogens (tertiary/aromatic N) is 1. The number of hydrogen-bond donors (Lipinski definition) is 1. The van der Waals surface area contributed by atoms with Crippen LogP contribution in [0.5, 0.6) is 0 Å². The van der Waals surface area contributed by atoms with Crippen molar-refractivity contribution in [2.75, 3.05) is 29.9 Å². The molecule has 0 bridgehead atoms. The molecule has 128 valence electrons. The largest absolute Gasteiger partial charge is 0.462 e. The molecular weight excluding hydrogens is 300 g/mol. The summed E-state index contributed by atoms with van der Waals surface area (Å²) in [5.41, 5.74) is 4.03. The fourth-order valence-corrected chi connectivity index (χ4v) is 2.56. The molecule has 0 saturated heterocycles. The molecule has 2 rings (SSSR count). The maximum atomic E-state index is 11.6. The zero-order valence-electron chi connectivity index (χ0n) is 14.7. The van der Waals surface area contributed by atoms with Gasteiger partial charge in [-0.25, -0.2) is 4.79 Å². The third-order valence-electron chi connectivity index (χ3n) is 3.96. The fourth-order valence-electron chi connectivity index (χ4n) is 2.56. The summed E-state index contributed by atoms with van der Waals surface area (Å²) in [6.07, 6.45) is 0. The Morgan fingerprint density at radius 2 is 1.58 bits per heavy atom. The molecule has 0 radical (unpaired) electrons. The van der Waals surface area contributed by atoms with Crippen LogP contribution in [-0.4, -0.2) is 25.7 Å². The first kappa shape index (κ1) is 17.9. The molecule has 0 aliphatic carbocycles. The highest BCUT2D eigenvalue weighted by Crippen LogP contribution is 2.16. The molecule has 0 aromatic heterocycles. The van der Waals surface area contributed by atoms with Gasteiger partial charge in [-0.1, -0.05) is 12.1 Å². The lowest BCUT2D eigenvalue weighted by Gasteiger charge is -2.21. The summed E-state index contributed by atoms with van der Waals surface area (Å²) in [6, 6.07) is 16.0. The van der Waals surface area contributed by atoms with Crippen molar-refractivity contribution in [3.05, 3.63) is 59.7 Å². The van der Waals surface area contributed by atoms with Crippen LogP contribution in [0.4, 0.5) is 11.4 Å². The first-order valence-corrected chi connectivity index (χ1v) is 8.52. The Morgan fingerprint density at radius 3 is 2.12 bits per heavy atom. The average molecular weight is 326 g/mol. The SMILES string of the molecule is CCOC(=O)c1ccc(NCc2ccc(N(CC)CC)cc2)cc1. The van der Waals surface area contributed by atoms with E-state index in [0.717, 1.165) is 25.3 Å². The number of rotatable bonds is 8. The van der Waals surface area contributed by atoms with E-state index in [-0.39, 0.29) is 5.97 Å². The highest BCUT2D eigenvalue weighted by Gasteiger charge is 2.05. The fraction of sp³-hybridized carbons (Fsp3) is 0.350. The summed E-state index contributed by atoms with van der Waals surface area (Å²) < 4.78 is 4.98. The quantitative estimate of drug-likeness (QED) is 0.734. The molecule has 0 aliphatic heterocycles. The van der Waals surface area contributed by atoms with E-state index < -0.39 is 0 Å². The lowest BCUT2D eigenvalue weighted by molar-refractivity contribution is 0.0526. The van der Waals surface area contributed by atoms with Crippen LogP contribution in [0.3, 0.4) is 0 Å². The second-order valence-electron chi connectivity index (χ2n) is 5.49. The van der Waals surface area contributed by atoms with Gasteiger partial charge < -0.3 is 15.0 Å². The van der Waals surface area contributed by atoms with E-state index in [9.17, 15) is 4.79 Å². The molecule has 0 aliphatic rings. The van der Waals surface area contributed by atoms with Gasteiger partial charge in [-0.2, -0.15) is 0 Å². The van der Waals surface area contributed by atoms with Gasteiger partial charge in [0.2, 0.25) is 0 Å². The molecule has 0 fully saturated rings. The minimum absolute atomic E-state index is 0.281. The molecule has 4 heteroatoms. The van der Waals surface area contributed by atoms with Crippen molar-refractivity contribution < 1.29 is 9.53 Å². The molecule has 0 heterocycles. The molecule has 2 aromatic rings. The maximum Gasteiger partial charge on any atom is 0.338 e. The summed E-state index contributed by atoms with van der Waals surface area (Å²) in [4.78, 5) is 13.9. The van der Waals surface area contributed by atoms with Crippen molar-refractivity contribution in [1.82, 2.24) is 0 Å². The number of benzene rings is 2. The molecule has 4 nitrogen and oxygen atoms in total. The Balaban J connectivity index is 1.92. The monoisotopic (exact) mass is 326 g/mol. The predicted octanol–water partition coefficient (Wildman–Crippen LogP) is 4.32. The molecule has 24 heavy (non-hydrogen) atoms. The van der Waals surface area contributed by atoms with E-state index in [1.54, 1.807) is 19.1 Å². The third-order valence-corrected chi connectivity index (χ3v) is 3.96. The molecule has 2 aromatic carbocycles. The third kappa shape index (κ3) is 4.75. The van der Waals surface area contributed by atoms with Crippen molar-refractivity contribution in [3.63, 3.8) is 0 Å². The summed E-state index contributed by atoms with van der Waals surface area (Å²) in [5.74, 6) is -0.281. The van der Waals surface area contributed by atoms with Gasteiger partial charge in [0, 0.05) is 31.0 Å². The number of nitrogens with one attached hydrogen (secondary N) is 1. The van der Waals surface area contributed by atoms with Gasteiger partial charge in [0.05, 0.1) is 12.2 Å². The van der Waals surface area contributed by atoms with E-state index in [1.165, 1.54) is 11.3 Å². The van der Waals surface area contributed by atoms with Gasteiger partial charge >= 0.3 is 5.97 Å². The van der Waals surface area contributed by atoms with Crippen LogP contribution in [0.2, 0.25) is 0 Å². The lowest BCUT2D eigenvalue weighted by Crippen LogP contribution is -2.21. The van der Waals surface area contributed by atoms with Crippen molar-refractivity contribution in [1.29, 1.82) is 0 Å². The summed E-state index contributed by atoms with van der Waals surface area (Å²) in [7, 11) is 0. The van der Waals surface area contributed by atoms with Crippen LogP contribution in [0.25, 0.3) is 0 Å². The highest BCUT2D eigenvalue weighted by atomic mass is 16.5. The van der Waals surface area contributed by atoms with Crippen LogP contribution >= 0.6 is 0 Å². The number of ether oxygens (including phenoxy) is 1. The van der Waals surface area contributed by atoms with Gasteiger partial charge in [0.1, 0.15) is 0 Å². The number of carbonyl (C=O) groups excluding carboxylic acids is 1. The zero-order chi connectivity index (χ0) is 17.4. The van der Waals surface area contributed by atoms with Gasteiger partial charge in [0.25, 0.3) is 0 Å². The van der Waals surface area contributed by atoms with Crippen LogP contribution in [0, 0.1) is 0 Å². The summed E-state index contributed by atoms with van der Waals surface area (Å²) in [6.45, 7) is 9.30. The minimum atomic E-state index is -0.281. The molecule has 0 atom stereocenters. The van der Waals surface area contributed by atoms with Gasteiger partial charge in [-0.3, -0.25) is 0 Å². The number of hydrogen-bond acceptors (Lipinski definition) is 4. The molecule has 0 saturated carbocycles. The normalized spacial score (nSPS) is 10.3. The maximum absolute atomic E-state index is 11.6. The molecule has 1 N–H and O–H groups in total. The van der Waals surface area contributed by atoms with Crippen LogP contribution in [0.1, 0.15) is 36.7 Å². The molecule has 0 spiro atoms. The van der Waals surface area contributed by atoms with Crippen LogP contribution < -0.4 is 10.2 Å². The second-order valence-corrected chi connectivity index (χ2v) is 5.49. The van der Waals surface area contributed by atoms with E-state index in [2.05, 4.69) is 48.3 Å². The Labute approximate surface area is 144 Å². The average Bonchev–Trinajstić information content (AvgIpc) is 2.63. The Morgan fingerprint density at radius 1 is 0.958 bits per heavy atom. The Bertz CT molecular complexity index is 632. The predicted molar refractivity (Wildman–Crippen MR) is 99.7 cm³/mol. The van der Waals surface area contributed by atoms with Gasteiger partial charge in [0.15, 0.2) is 0 Å². The number of anilines is 2. The summed E-state index contributed by atoms with van der Waals surface area (Å²) in [5, 5.41) is 3.37. The highest BCUT2D eigenvalue weighted by molar-refractivity contribution is 5.89. The van der Waals surface area contributed by atoms with E-state index in [1.807, 2.05) is 12.1 Å². The zero-order valence-corrected chi connectivity index (χ0v) is 14.7. The minimum Gasteiger partial charge on any atom is -0.462 e. The van der Waals surface area contributed by atoms with Gasteiger partial charge in [-0.15, -0.1) is 0 Å². The molecule has 0 unspecified atom stereocenters. The molecule has 0 amide bonds. The van der Waals surface area contributed by atoms with Crippen molar-refractivity contribution in [3.8, 4) is 0 Å². The Hall–Kier alpha value is -2.49. The molecular formula is C20H26N2O2. The number of esters is 1. The van der Waals surface area contributed by atoms with Crippen LogP contribution in [-0.2, 0) is 11.3 Å². The standard InChI is InChI=1S/C20H26N2O2/c1-4-22(5-2)19-13-7-16(8-14-19)15-21-18-11-9-17(10-12-18)20(23)24-6-3/h7-14,21H,4-6,15H2,1-3H3. The Kier molecular flexibility index (Phi) is 6.67. The first-order valence-electron chi connectivity index (χ1n) is 8.52. The van der Waals surface area contributed by atoms with E-state index >= 15 is 0 Å². The van der Waals surface area contributed by atoms with E-state index in [4.69, 9.17) is 4.74 Å².